The molecule has 0 radical (unpaired) electrons. The van der Waals surface area contributed by atoms with Crippen LogP contribution in [0.3, 0.4) is 0 Å². The van der Waals surface area contributed by atoms with E-state index in [4.69, 9.17) is 9.47 Å². The molecule has 0 unspecified atom stereocenters. The molecule has 1 aromatic carbocycles. The lowest BCUT2D eigenvalue weighted by molar-refractivity contribution is -0.385. The van der Waals surface area contributed by atoms with Crippen LogP contribution in [0, 0.1) is 10.1 Å². The molecule has 0 fully saturated rings. The Morgan fingerprint density at radius 2 is 1.91 bits per heavy atom. The number of nitrogens with zero attached hydrogens (tertiary/aromatic N) is 2. The number of nitro groups is 1. The Bertz CT molecular complexity index is 771. The molecule has 0 bridgehead atoms. The van der Waals surface area contributed by atoms with Gasteiger partial charge in [0.2, 0.25) is 0 Å². The lowest BCUT2D eigenvalue weighted by Gasteiger charge is -2.06. The van der Waals surface area contributed by atoms with Crippen LogP contribution in [-0.4, -0.2) is 29.9 Å². The van der Waals surface area contributed by atoms with Gasteiger partial charge in [0.1, 0.15) is 0 Å². The first-order valence-corrected chi connectivity index (χ1v) is 6.60. The van der Waals surface area contributed by atoms with E-state index in [9.17, 15) is 14.9 Å². The van der Waals surface area contributed by atoms with Crippen molar-refractivity contribution in [2.45, 2.75) is 0 Å². The average molecular weight is 314 g/mol. The third-order valence-corrected chi connectivity index (χ3v) is 3.06. The summed E-state index contributed by atoms with van der Waals surface area (Å²) in [5.41, 5.74) is 0.256. The summed E-state index contributed by atoms with van der Waals surface area (Å²) in [6.07, 6.45) is 4.16. The van der Waals surface area contributed by atoms with Gasteiger partial charge in [0.05, 0.1) is 36.6 Å². The number of methoxy groups -OCH3 is 2. The van der Waals surface area contributed by atoms with E-state index in [1.807, 2.05) is 0 Å². The van der Waals surface area contributed by atoms with E-state index in [2.05, 4.69) is 4.98 Å². The maximum Gasteiger partial charge on any atom is 0.280 e. The smallest absolute Gasteiger partial charge is 0.280 e. The lowest BCUT2D eigenvalue weighted by Crippen LogP contribution is -2.00. The number of ketones is 1. The molecule has 0 atom stereocenters. The van der Waals surface area contributed by atoms with Gasteiger partial charge in [0, 0.05) is 12.1 Å². The van der Waals surface area contributed by atoms with Crippen LogP contribution in [0.4, 0.5) is 5.69 Å². The Balaban J connectivity index is 2.27. The second kappa shape index (κ2) is 7.17. The summed E-state index contributed by atoms with van der Waals surface area (Å²) in [7, 11) is 2.98. The van der Waals surface area contributed by atoms with Crippen LogP contribution < -0.4 is 9.47 Å². The number of nitro benzene ring substituents is 1. The molecule has 0 spiro atoms. The zero-order valence-corrected chi connectivity index (χ0v) is 12.6. The molecule has 2 aromatic rings. The van der Waals surface area contributed by atoms with E-state index < -0.39 is 10.7 Å². The number of rotatable bonds is 6. The highest BCUT2D eigenvalue weighted by molar-refractivity contribution is 6.09. The molecule has 1 aromatic heterocycles. The number of pyridine rings is 1. The van der Waals surface area contributed by atoms with Crippen molar-refractivity contribution in [1.29, 1.82) is 0 Å². The maximum absolute atomic E-state index is 12.1. The van der Waals surface area contributed by atoms with E-state index in [0.717, 1.165) is 0 Å². The molecule has 0 amide bonds. The van der Waals surface area contributed by atoms with Gasteiger partial charge in [-0.25, -0.2) is 0 Å². The molecule has 0 saturated heterocycles. The molecule has 0 N–H and O–H groups in total. The highest BCUT2D eigenvalue weighted by atomic mass is 16.6. The Kier molecular flexibility index (Phi) is 5.03. The molecular weight excluding hydrogens is 300 g/mol. The first kappa shape index (κ1) is 16.2. The highest BCUT2D eigenvalue weighted by Crippen LogP contribution is 2.26. The number of hydrogen-bond acceptors (Lipinski definition) is 6. The minimum atomic E-state index is -0.588. The molecule has 0 saturated carbocycles. The summed E-state index contributed by atoms with van der Waals surface area (Å²) in [6.45, 7) is 0. The fourth-order valence-corrected chi connectivity index (χ4v) is 1.94. The average Bonchev–Trinajstić information content (AvgIpc) is 2.59. The van der Waals surface area contributed by atoms with Crippen molar-refractivity contribution < 1.29 is 19.2 Å². The van der Waals surface area contributed by atoms with Crippen molar-refractivity contribution in [1.82, 2.24) is 4.98 Å². The summed E-state index contributed by atoms with van der Waals surface area (Å²) in [4.78, 5) is 26.6. The predicted molar refractivity (Wildman–Crippen MR) is 83.8 cm³/mol. The number of allylic oxidation sites excluding steroid dienone is 1. The van der Waals surface area contributed by atoms with Crippen LogP contribution in [0.1, 0.15) is 16.1 Å². The number of carbonyl (C=O) groups is 1. The number of benzene rings is 1. The van der Waals surface area contributed by atoms with Crippen molar-refractivity contribution >= 4 is 17.5 Å². The molecule has 2 rings (SSSR count). The fraction of sp³-hybridized carbons (Fsp3) is 0.125. The first-order valence-electron chi connectivity index (χ1n) is 6.60. The molecule has 0 aliphatic heterocycles. The molecule has 1 heterocycles. The molecule has 0 aliphatic carbocycles. The van der Waals surface area contributed by atoms with Gasteiger partial charge < -0.3 is 9.47 Å². The van der Waals surface area contributed by atoms with Crippen LogP contribution in [-0.2, 0) is 0 Å². The number of aromatic nitrogens is 1. The summed E-state index contributed by atoms with van der Waals surface area (Å²) in [5, 5.41) is 10.9. The van der Waals surface area contributed by atoms with Crippen molar-refractivity contribution in [3.05, 3.63) is 64.0 Å². The molecule has 7 heteroatoms. The second-order valence-electron chi connectivity index (χ2n) is 4.44. The Morgan fingerprint density at radius 3 is 2.57 bits per heavy atom. The number of carbonyl (C=O) groups excluding carboxylic acids is 1. The monoisotopic (exact) mass is 314 g/mol. The number of para-hydroxylation sites is 1. The van der Waals surface area contributed by atoms with Gasteiger partial charge in [0.25, 0.3) is 5.69 Å². The third kappa shape index (κ3) is 3.70. The van der Waals surface area contributed by atoms with Gasteiger partial charge in [-0.05, 0) is 18.2 Å². The second-order valence-corrected chi connectivity index (χ2v) is 4.44. The van der Waals surface area contributed by atoms with Gasteiger partial charge in [-0.3, -0.25) is 19.9 Å². The lowest BCUT2D eigenvalue weighted by atomic mass is 10.1. The zero-order chi connectivity index (χ0) is 16.8. The summed E-state index contributed by atoms with van der Waals surface area (Å²) >= 11 is 0. The quantitative estimate of drug-likeness (QED) is 0.352. The van der Waals surface area contributed by atoms with Crippen molar-refractivity contribution in [2.24, 2.45) is 0 Å². The molecule has 7 nitrogen and oxygen atoms in total. The van der Waals surface area contributed by atoms with Crippen LogP contribution in [0.15, 0.2) is 42.6 Å². The minimum absolute atomic E-state index is 0.0224. The molecular formula is C16H14N2O5. The first-order chi connectivity index (χ1) is 11.1. The van der Waals surface area contributed by atoms with Crippen LogP contribution in [0.5, 0.6) is 11.5 Å². The van der Waals surface area contributed by atoms with Gasteiger partial charge in [0.15, 0.2) is 17.3 Å². The fourth-order valence-electron chi connectivity index (χ4n) is 1.94. The summed E-state index contributed by atoms with van der Waals surface area (Å²) < 4.78 is 10.2. The van der Waals surface area contributed by atoms with Crippen molar-refractivity contribution in [3.63, 3.8) is 0 Å². The number of ether oxygens (including phenoxy) is 2. The topological polar surface area (TPSA) is 91.6 Å². The van der Waals surface area contributed by atoms with E-state index >= 15 is 0 Å². The third-order valence-electron chi connectivity index (χ3n) is 3.06. The molecule has 118 valence electrons. The minimum Gasteiger partial charge on any atom is -0.493 e. The van der Waals surface area contributed by atoms with E-state index in [1.54, 1.807) is 12.1 Å². The molecule has 0 aliphatic rings. The standard InChI is InChI=1S/C16H14N2O5/c1-22-15-9-11(17-10-16(15)23-2)7-8-14(19)12-5-3-4-6-13(12)18(20)21/h3-10H,1-2H3/b8-7+. The van der Waals surface area contributed by atoms with Gasteiger partial charge in [-0.15, -0.1) is 0 Å². The van der Waals surface area contributed by atoms with Crippen LogP contribution in [0.2, 0.25) is 0 Å². The van der Waals surface area contributed by atoms with E-state index in [-0.39, 0.29) is 11.3 Å². The SMILES string of the molecule is COc1cnc(/C=C/C(=O)c2ccccc2[N+](=O)[O-])cc1OC. The van der Waals surface area contributed by atoms with Gasteiger partial charge in [-0.1, -0.05) is 12.1 Å². The summed E-state index contributed by atoms with van der Waals surface area (Å²) in [5.74, 6) is 0.462. The largest absolute Gasteiger partial charge is 0.493 e. The van der Waals surface area contributed by atoms with Crippen molar-refractivity contribution in [2.75, 3.05) is 14.2 Å². The Hall–Kier alpha value is -3.22. The highest BCUT2D eigenvalue weighted by Gasteiger charge is 2.17. The van der Waals surface area contributed by atoms with Crippen molar-refractivity contribution in [3.8, 4) is 11.5 Å². The number of hydrogen-bond donors (Lipinski definition) is 0. The predicted octanol–water partition coefficient (Wildman–Crippen LogP) is 2.90. The van der Waals surface area contributed by atoms with E-state index in [0.29, 0.717) is 17.2 Å². The Labute approximate surface area is 132 Å². The van der Waals surface area contributed by atoms with Gasteiger partial charge in [-0.2, -0.15) is 0 Å². The zero-order valence-electron chi connectivity index (χ0n) is 12.6. The normalized spacial score (nSPS) is 10.5. The Morgan fingerprint density at radius 1 is 1.22 bits per heavy atom. The van der Waals surface area contributed by atoms with E-state index in [1.165, 1.54) is 50.8 Å². The van der Waals surface area contributed by atoms with Crippen LogP contribution in [0.25, 0.3) is 6.08 Å². The van der Waals surface area contributed by atoms with Crippen LogP contribution >= 0.6 is 0 Å². The molecule has 23 heavy (non-hydrogen) atoms. The van der Waals surface area contributed by atoms with Gasteiger partial charge >= 0.3 is 0 Å². The maximum atomic E-state index is 12.1. The summed E-state index contributed by atoms with van der Waals surface area (Å²) in [6, 6.07) is 7.38.